The maximum absolute atomic E-state index is 12.0. The Kier molecular flexibility index (Phi) is 5.99. The molecule has 138 valence electrons. The third-order valence-electron chi connectivity index (χ3n) is 7.01. The highest BCUT2D eigenvalue weighted by Gasteiger charge is 2.51. The maximum Gasteiger partial charge on any atom is 0.149 e. The summed E-state index contributed by atoms with van der Waals surface area (Å²) in [7, 11) is 0. The van der Waals surface area contributed by atoms with E-state index in [9.17, 15) is 4.79 Å². The summed E-state index contributed by atoms with van der Waals surface area (Å²) < 4.78 is 5.74. The molecule has 0 N–H and O–H groups in total. The van der Waals surface area contributed by atoms with Crippen molar-refractivity contribution < 1.29 is 9.53 Å². The van der Waals surface area contributed by atoms with Gasteiger partial charge in [-0.05, 0) is 70.2 Å². The van der Waals surface area contributed by atoms with E-state index < -0.39 is 0 Å². The summed E-state index contributed by atoms with van der Waals surface area (Å²) in [6, 6.07) is 0. The maximum atomic E-state index is 12.0. The number of rotatable bonds is 6. The molecule has 0 aromatic heterocycles. The van der Waals surface area contributed by atoms with E-state index in [1.54, 1.807) is 0 Å². The van der Waals surface area contributed by atoms with Gasteiger partial charge in [0.1, 0.15) is 5.78 Å². The second-order valence-electron chi connectivity index (χ2n) is 8.61. The summed E-state index contributed by atoms with van der Waals surface area (Å²) in [5, 5.41) is 0. The van der Waals surface area contributed by atoms with Crippen LogP contribution in [-0.4, -0.2) is 68.1 Å². The van der Waals surface area contributed by atoms with E-state index in [2.05, 4.69) is 16.7 Å². The summed E-state index contributed by atoms with van der Waals surface area (Å²) in [6.45, 7) is 14.8. The highest BCUT2D eigenvalue weighted by molar-refractivity contribution is 5.82. The van der Waals surface area contributed by atoms with Gasteiger partial charge in [-0.3, -0.25) is 9.69 Å². The van der Waals surface area contributed by atoms with Crippen LogP contribution in [0.1, 0.15) is 46.5 Å². The number of likely N-dealkylation sites (tertiary alicyclic amines) is 2. The number of nitrogens with zero attached hydrogens (tertiary/aromatic N) is 2. The lowest BCUT2D eigenvalue weighted by Crippen LogP contribution is -2.58. The van der Waals surface area contributed by atoms with Crippen LogP contribution >= 0.6 is 0 Å². The van der Waals surface area contributed by atoms with Crippen molar-refractivity contribution >= 4 is 5.78 Å². The molecule has 3 heterocycles. The molecular formula is C20H36N2O2. The van der Waals surface area contributed by atoms with Crippen LogP contribution in [0.2, 0.25) is 0 Å². The molecule has 0 unspecified atom stereocenters. The van der Waals surface area contributed by atoms with E-state index in [1.165, 1.54) is 45.3 Å². The van der Waals surface area contributed by atoms with Gasteiger partial charge >= 0.3 is 0 Å². The first kappa shape index (κ1) is 18.3. The van der Waals surface area contributed by atoms with E-state index in [4.69, 9.17) is 4.74 Å². The molecule has 24 heavy (non-hydrogen) atoms. The largest absolute Gasteiger partial charge is 0.380 e. The summed E-state index contributed by atoms with van der Waals surface area (Å²) in [4.78, 5) is 17.0. The third-order valence-corrected chi connectivity index (χ3v) is 7.01. The molecule has 0 bridgehead atoms. The van der Waals surface area contributed by atoms with Crippen molar-refractivity contribution in [3.63, 3.8) is 0 Å². The van der Waals surface area contributed by atoms with Gasteiger partial charge in [0.05, 0.1) is 19.8 Å². The molecule has 3 fully saturated rings. The van der Waals surface area contributed by atoms with Crippen molar-refractivity contribution in [2.45, 2.75) is 46.5 Å². The minimum Gasteiger partial charge on any atom is -0.380 e. The van der Waals surface area contributed by atoms with E-state index in [1.807, 2.05) is 13.8 Å². The molecule has 4 heteroatoms. The van der Waals surface area contributed by atoms with Gasteiger partial charge in [-0.2, -0.15) is 0 Å². The molecule has 0 aromatic carbocycles. The van der Waals surface area contributed by atoms with Crippen LogP contribution in [0.25, 0.3) is 0 Å². The highest BCUT2D eigenvalue weighted by Crippen LogP contribution is 2.50. The van der Waals surface area contributed by atoms with Gasteiger partial charge in [-0.1, -0.05) is 20.8 Å². The first-order chi connectivity index (χ1) is 11.5. The van der Waals surface area contributed by atoms with Gasteiger partial charge in [-0.25, -0.2) is 0 Å². The Balaban J connectivity index is 1.53. The average Bonchev–Trinajstić information content (AvgIpc) is 2.56. The van der Waals surface area contributed by atoms with Crippen molar-refractivity contribution in [3.8, 4) is 0 Å². The summed E-state index contributed by atoms with van der Waals surface area (Å²) in [5.41, 5.74) is 0.452. The zero-order valence-corrected chi connectivity index (χ0v) is 15.9. The molecule has 0 amide bonds. The van der Waals surface area contributed by atoms with Gasteiger partial charge in [0.2, 0.25) is 0 Å². The predicted octanol–water partition coefficient (Wildman–Crippen LogP) is 2.67. The van der Waals surface area contributed by atoms with Crippen molar-refractivity contribution in [3.05, 3.63) is 0 Å². The Labute approximate surface area is 147 Å². The molecule has 3 aliphatic heterocycles. The van der Waals surface area contributed by atoms with Gasteiger partial charge < -0.3 is 9.64 Å². The zero-order chi connectivity index (χ0) is 17.2. The first-order valence-electron chi connectivity index (χ1n) is 10.1. The average molecular weight is 337 g/mol. The summed E-state index contributed by atoms with van der Waals surface area (Å²) in [5.74, 6) is 2.21. The Morgan fingerprint density at radius 3 is 1.88 bits per heavy atom. The van der Waals surface area contributed by atoms with Crippen LogP contribution in [0.5, 0.6) is 0 Å². The van der Waals surface area contributed by atoms with Crippen molar-refractivity contribution in [1.29, 1.82) is 0 Å². The molecule has 3 rings (SSSR count). The van der Waals surface area contributed by atoms with Crippen LogP contribution in [0.15, 0.2) is 0 Å². The third kappa shape index (κ3) is 3.71. The van der Waals surface area contributed by atoms with Crippen LogP contribution in [-0.2, 0) is 9.53 Å². The quantitative estimate of drug-likeness (QED) is 0.746. The number of hydrogen-bond acceptors (Lipinski definition) is 4. The number of carbonyl (C=O) groups is 1. The van der Waals surface area contributed by atoms with E-state index >= 15 is 0 Å². The summed E-state index contributed by atoms with van der Waals surface area (Å²) in [6.07, 6.45) is 5.21. The van der Waals surface area contributed by atoms with Crippen LogP contribution in [0.3, 0.4) is 0 Å². The van der Waals surface area contributed by atoms with E-state index in [-0.39, 0.29) is 5.92 Å². The monoisotopic (exact) mass is 336 g/mol. The number of ketones is 1. The number of Topliss-reactive ketones (excluding diaryl/α,β-unsaturated/α-hetero) is 1. The number of hydrogen-bond donors (Lipinski definition) is 0. The molecule has 0 radical (unpaired) electrons. The van der Waals surface area contributed by atoms with Gasteiger partial charge in [0.25, 0.3) is 0 Å². The minimum atomic E-state index is 0.165. The van der Waals surface area contributed by atoms with E-state index in [0.29, 0.717) is 17.7 Å². The number of piperidine rings is 2. The van der Waals surface area contributed by atoms with Gasteiger partial charge in [-0.15, -0.1) is 0 Å². The van der Waals surface area contributed by atoms with Crippen molar-refractivity contribution in [2.24, 2.45) is 23.2 Å². The number of ether oxygens (including phenoxy) is 1. The molecule has 0 atom stereocenters. The molecule has 0 spiro atoms. The standard InChI is InChI=1S/C20H36N2O2/c1-4-21-9-5-17(6-10-21)20(14-24-15-20)18-7-11-22(12-8-18)13-19(23)16(2)3/h16-18H,4-15H2,1-3H3. The predicted molar refractivity (Wildman–Crippen MR) is 97.1 cm³/mol. The zero-order valence-electron chi connectivity index (χ0n) is 15.9. The molecule has 0 aromatic rings. The minimum absolute atomic E-state index is 0.165. The first-order valence-corrected chi connectivity index (χ1v) is 10.1. The van der Waals surface area contributed by atoms with Crippen LogP contribution in [0.4, 0.5) is 0 Å². The Morgan fingerprint density at radius 1 is 1.00 bits per heavy atom. The normalized spacial score (nSPS) is 27.3. The number of carbonyl (C=O) groups excluding carboxylic acids is 1. The smallest absolute Gasteiger partial charge is 0.149 e. The summed E-state index contributed by atoms with van der Waals surface area (Å²) >= 11 is 0. The lowest BCUT2D eigenvalue weighted by atomic mass is 9.59. The van der Waals surface area contributed by atoms with Crippen LogP contribution in [0, 0.1) is 23.2 Å². The second kappa shape index (κ2) is 7.84. The van der Waals surface area contributed by atoms with Crippen LogP contribution < -0.4 is 0 Å². The second-order valence-corrected chi connectivity index (χ2v) is 8.61. The molecule has 4 nitrogen and oxygen atoms in total. The lowest BCUT2D eigenvalue weighted by Gasteiger charge is -2.56. The van der Waals surface area contributed by atoms with Crippen molar-refractivity contribution in [2.75, 3.05) is 52.5 Å². The Hall–Kier alpha value is -0.450. The topological polar surface area (TPSA) is 32.8 Å². The lowest BCUT2D eigenvalue weighted by molar-refractivity contribution is -0.194. The molecule has 3 aliphatic rings. The molecule has 0 saturated carbocycles. The fourth-order valence-corrected chi connectivity index (χ4v) is 5.04. The Bertz CT molecular complexity index is 417. The highest BCUT2D eigenvalue weighted by atomic mass is 16.5. The van der Waals surface area contributed by atoms with E-state index in [0.717, 1.165) is 38.1 Å². The SMILES string of the molecule is CCN1CCC(C2(C3CCN(CC(=O)C(C)C)CC3)COC2)CC1. The van der Waals surface area contributed by atoms with Gasteiger partial charge in [0, 0.05) is 11.3 Å². The molecule has 3 saturated heterocycles. The Morgan fingerprint density at radius 2 is 1.50 bits per heavy atom. The fourth-order valence-electron chi connectivity index (χ4n) is 5.04. The van der Waals surface area contributed by atoms with Gasteiger partial charge in [0.15, 0.2) is 0 Å². The van der Waals surface area contributed by atoms with Crippen molar-refractivity contribution in [1.82, 2.24) is 9.80 Å². The fraction of sp³-hybridized carbons (Fsp3) is 0.950. The molecular weight excluding hydrogens is 300 g/mol. The molecule has 0 aliphatic carbocycles.